The molecule has 0 radical (unpaired) electrons. The van der Waals surface area contributed by atoms with Crippen molar-refractivity contribution in [2.24, 2.45) is 5.73 Å². The number of rotatable bonds is 4. The van der Waals surface area contributed by atoms with Crippen LogP contribution in [0.5, 0.6) is 0 Å². The van der Waals surface area contributed by atoms with Crippen LogP contribution in [0.3, 0.4) is 0 Å². The Labute approximate surface area is 90.0 Å². The van der Waals surface area contributed by atoms with Crippen LogP contribution in [0.4, 0.5) is 0 Å². The summed E-state index contributed by atoms with van der Waals surface area (Å²) in [5.41, 5.74) is 4.69. The molecule has 1 amide bonds. The second kappa shape index (κ2) is 5.44. The second-order valence-electron chi connectivity index (χ2n) is 4.29. The van der Waals surface area contributed by atoms with E-state index in [9.17, 15) is 9.90 Å². The highest BCUT2D eigenvalue weighted by atomic mass is 16.5. The highest BCUT2D eigenvalue weighted by Gasteiger charge is 2.29. The Kier molecular flexibility index (Phi) is 4.50. The molecule has 0 aromatic carbocycles. The summed E-state index contributed by atoms with van der Waals surface area (Å²) in [6, 6.07) is -0.144. The van der Waals surface area contributed by atoms with Gasteiger partial charge >= 0.3 is 0 Å². The van der Waals surface area contributed by atoms with Gasteiger partial charge in [0.15, 0.2) is 0 Å². The Balaban J connectivity index is 2.25. The highest BCUT2D eigenvalue weighted by Crippen LogP contribution is 2.19. The SMILES string of the molecule is CC(N)CC(=O)NCC1(O)CCOCC1. The third-order valence-corrected chi connectivity index (χ3v) is 2.55. The minimum absolute atomic E-state index is 0.107. The Morgan fingerprint density at radius 3 is 2.73 bits per heavy atom. The molecule has 1 saturated heterocycles. The van der Waals surface area contributed by atoms with Crippen LogP contribution in [0, 0.1) is 0 Å². The molecular formula is C10H20N2O3. The number of carbonyl (C=O) groups is 1. The maximum absolute atomic E-state index is 11.3. The first kappa shape index (κ1) is 12.4. The van der Waals surface area contributed by atoms with Crippen LogP contribution < -0.4 is 11.1 Å². The van der Waals surface area contributed by atoms with Crippen molar-refractivity contribution in [1.82, 2.24) is 5.32 Å². The maximum atomic E-state index is 11.3. The van der Waals surface area contributed by atoms with E-state index in [1.807, 2.05) is 0 Å². The quantitative estimate of drug-likeness (QED) is 0.585. The lowest BCUT2D eigenvalue weighted by molar-refractivity contribution is -0.124. The zero-order valence-electron chi connectivity index (χ0n) is 9.16. The van der Waals surface area contributed by atoms with Gasteiger partial charge in [-0.3, -0.25) is 4.79 Å². The van der Waals surface area contributed by atoms with E-state index in [4.69, 9.17) is 10.5 Å². The average Bonchev–Trinajstić information content (AvgIpc) is 2.15. The van der Waals surface area contributed by atoms with Crippen molar-refractivity contribution in [2.45, 2.75) is 37.8 Å². The topological polar surface area (TPSA) is 84.6 Å². The number of carbonyl (C=O) groups excluding carboxylic acids is 1. The van der Waals surface area contributed by atoms with Crippen LogP contribution in [0.25, 0.3) is 0 Å². The average molecular weight is 216 g/mol. The van der Waals surface area contributed by atoms with E-state index in [-0.39, 0.29) is 11.9 Å². The van der Waals surface area contributed by atoms with E-state index in [0.717, 1.165) is 0 Å². The highest BCUT2D eigenvalue weighted by molar-refractivity contribution is 5.76. The summed E-state index contributed by atoms with van der Waals surface area (Å²) in [6.07, 6.45) is 1.45. The molecule has 5 heteroatoms. The molecule has 1 rings (SSSR count). The van der Waals surface area contributed by atoms with E-state index < -0.39 is 5.60 Å². The third kappa shape index (κ3) is 4.59. The molecule has 0 aromatic rings. The van der Waals surface area contributed by atoms with E-state index in [1.54, 1.807) is 6.92 Å². The number of nitrogens with two attached hydrogens (primary N) is 1. The summed E-state index contributed by atoms with van der Waals surface area (Å²) in [6.45, 7) is 3.18. The molecule has 5 nitrogen and oxygen atoms in total. The van der Waals surface area contributed by atoms with Crippen molar-refractivity contribution in [3.63, 3.8) is 0 Å². The molecule has 4 N–H and O–H groups in total. The van der Waals surface area contributed by atoms with E-state index >= 15 is 0 Å². The number of ether oxygens (including phenoxy) is 1. The van der Waals surface area contributed by atoms with E-state index in [2.05, 4.69) is 5.32 Å². The predicted octanol–water partition coefficient (Wildman–Crippen LogP) is -0.619. The minimum Gasteiger partial charge on any atom is -0.388 e. The van der Waals surface area contributed by atoms with Crippen molar-refractivity contribution in [3.8, 4) is 0 Å². The number of amides is 1. The lowest BCUT2D eigenvalue weighted by Crippen LogP contribution is -2.47. The standard InChI is InChI=1S/C10H20N2O3/c1-8(11)6-9(13)12-7-10(14)2-4-15-5-3-10/h8,14H,2-7,11H2,1H3,(H,12,13). The van der Waals surface area contributed by atoms with Gasteiger partial charge in [-0.15, -0.1) is 0 Å². The third-order valence-electron chi connectivity index (χ3n) is 2.55. The molecule has 15 heavy (non-hydrogen) atoms. The van der Waals surface area contributed by atoms with Crippen molar-refractivity contribution in [3.05, 3.63) is 0 Å². The lowest BCUT2D eigenvalue weighted by atomic mass is 9.94. The summed E-state index contributed by atoms with van der Waals surface area (Å²) >= 11 is 0. The first-order valence-electron chi connectivity index (χ1n) is 5.34. The smallest absolute Gasteiger partial charge is 0.221 e. The molecule has 1 aliphatic heterocycles. The molecular weight excluding hydrogens is 196 g/mol. The fraction of sp³-hybridized carbons (Fsp3) is 0.900. The fourth-order valence-corrected chi connectivity index (χ4v) is 1.56. The van der Waals surface area contributed by atoms with Gasteiger partial charge in [-0.25, -0.2) is 0 Å². The Hall–Kier alpha value is -0.650. The Morgan fingerprint density at radius 2 is 2.20 bits per heavy atom. The zero-order valence-corrected chi connectivity index (χ0v) is 9.16. The normalized spacial score (nSPS) is 22.1. The summed E-state index contributed by atoms with van der Waals surface area (Å²) in [5, 5.41) is 12.7. The van der Waals surface area contributed by atoms with Gasteiger partial charge in [0.05, 0.1) is 5.60 Å². The predicted molar refractivity (Wildman–Crippen MR) is 56.3 cm³/mol. The number of nitrogens with one attached hydrogen (secondary N) is 1. The van der Waals surface area contributed by atoms with Gasteiger partial charge < -0.3 is 20.9 Å². The van der Waals surface area contributed by atoms with Crippen LogP contribution in [0.15, 0.2) is 0 Å². The van der Waals surface area contributed by atoms with Gasteiger partial charge in [-0.05, 0) is 6.92 Å². The molecule has 1 aliphatic rings. The molecule has 0 aromatic heterocycles. The summed E-state index contributed by atoms with van der Waals surface area (Å²) in [4.78, 5) is 11.3. The fourth-order valence-electron chi connectivity index (χ4n) is 1.56. The molecule has 0 bridgehead atoms. The Morgan fingerprint density at radius 1 is 1.60 bits per heavy atom. The molecule has 88 valence electrons. The van der Waals surface area contributed by atoms with Gasteiger partial charge in [-0.1, -0.05) is 0 Å². The largest absolute Gasteiger partial charge is 0.388 e. The molecule has 1 atom stereocenters. The van der Waals surface area contributed by atoms with Gasteiger partial charge in [-0.2, -0.15) is 0 Å². The minimum atomic E-state index is -0.800. The van der Waals surface area contributed by atoms with Crippen LogP contribution in [0.1, 0.15) is 26.2 Å². The molecule has 1 fully saturated rings. The lowest BCUT2D eigenvalue weighted by Gasteiger charge is -2.32. The first-order chi connectivity index (χ1) is 7.02. The van der Waals surface area contributed by atoms with Gasteiger partial charge in [0.1, 0.15) is 0 Å². The molecule has 1 unspecified atom stereocenters. The van der Waals surface area contributed by atoms with E-state index in [1.165, 1.54) is 0 Å². The van der Waals surface area contributed by atoms with Crippen molar-refractivity contribution < 1.29 is 14.6 Å². The number of aliphatic hydroxyl groups is 1. The van der Waals surface area contributed by atoms with Crippen LogP contribution in [-0.2, 0) is 9.53 Å². The summed E-state index contributed by atoms with van der Waals surface area (Å²) in [5.74, 6) is -0.107. The summed E-state index contributed by atoms with van der Waals surface area (Å²) < 4.78 is 5.14. The van der Waals surface area contributed by atoms with Crippen molar-refractivity contribution in [2.75, 3.05) is 19.8 Å². The van der Waals surface area contributed by atoms with Crippen LogP contribution in [0.2, 0.25) is 0 Å². The molecule has 0 spiro atoms. The van der Waals surface area contributed by atoms with Gasteiger partial charge in [0.2, 0.25) is 5.91 Å². The molecule has 1 heterocycles. The van der Waals surface area contributed by atoms with Crippen molar-refractivity contribution in [1.29, 1.82) is 0 Å². The van der Waals surface area contributed by atoms with Crippen molar-refractivity contribution >= 4 is 5.91 Å². The number of hydrogen-bond acceptors (Lipinski definition) is 4. The van der Waals surface area contributed by atoms with E-state index in [0.29, 0.717) is 39.0 Å². The van der Waals surface area contributed by atoms with Crippen LogP contribution in [-0.4, -0.2) is 42.4 Å². The monoisotopic (exact) mass is 216 g/mol. The van der Waals surface area contributed by atoms with Crippen LogP contribution >= 0.6 is 0 Å². The number of hydrogen-bond donors (Lipinski definition) is 3. The molecule has 0 aliphatic carbocycles. The zero-order chi connectivity index (χ0) is 11.3. The Bertz CT molecular complexity index is 213. The maximum Gasteiger partial charge on any atom is 0.221 e. The second-order valence-corrected chi connectivity index (χ2v) is 4.29. The van der Waals surface area contributed by atoms with Gasteiger partial charge in [0, 0.05) is 45.1 Å². The molecule has 0 saturated carbocycles. The summed E-state index contributed by atoms with van der Waals surface area (Å²) in [7, 11) is 0. The first-order valence-corrected chi connectivity index (χ1v) is 5.34. The van der Waals surface area contributed by atoms with Gasteiger partial charge in [0.25, 0.3) is 0 Å².